The van der Waals surface area contributed by atoms with Crippen molar-refractivity contribution in [2.75, 3.05) is 13.7 Å². The van der Waals surface area contributed by atoms with E-state index in [0.717, 1.165) is 0 Å². The van der Waals surface area contributed by atoms with Crippen LogP contribution < -0.4 is 10.1 Å². The number of hydrogen-bond acceptors (Lipinski definition) is 3. The summed E-state index contributed by atoms with van der Waals surface area (Å²) in [5.74, 6) is -2.58. The second-order valence-corrected chi connectivity index (χ2v) is 4.82. The molecule has 1 fully saturated rings. The topological polar surface area (TPSA) is 47.6 Å². The number of amides is 1. The molecule has 0 unspecified atom stereocenters. The van der Waals surface area contributed by atoms with E-state index in [1.807, 2.05) is 0 Å². The first-order valence-corrected chi connectivity index (χ1v) is 6.39. The predicted octanol–water partition coefficient (Wildman–Crippen LogP) is 3.69. The van der Waals surface area contributed by atoms with Crippen molar-refractivity contribution >= 4 is 29.3 Å². The van der Waals surface area contributed by atoms with E-state index in [-0.39, 0.29) is 12.4 Å². The summed E-state index contributed by atoms with van der Waals surface area (Å²) in [4.78, 5) is 11.3. The van der Waals surface area contributed by atoms with Gasteiger partial charge in [0.15, 0.2) is 6.61 Å². The minimum atomic E-state index is -3.18. The lowest BCUT2D eigenvalue weighted by Gasteiger charge is -2.32. The molecule has 0 radical (unpaired) electrons. The fraction of sp³-hybridized carbons (Fsp3) is 0.267. The number of methoxy groups -OCH3 is 1. The van der Waals surface area contributed by atoms with Crippen molar-refractivity contribution in [3.05, 3.63) is 42.0 Å². The highest BCUT2D eigenvalue weighted by molar-refractivity contribution is 5.92. The van der Waals surface area contributed by atoms with E-state index in [1.165, 1.54) is 7.11 Å². The third kappa shape index (κ3) is 2.66. The lowest BCUT2D eigenvalue weighted by Crippen LogP contribution is -2.49. The molecule has 2 aromatic carbocycles. The van der Waals surface area contributed by atoms with E-state index in [0.29, 0.717) is 22.1 Å². The molecular formula is C15H14ClF2NO3. The molecule has 1 amide bonds. The maximum atomic E-state index is 14.1. The minimum absolute atomic E-state index is 0. The van der Waals surface area contributed by atoms with Gasteiger partial charge in [0.05, 0.1) is 7.11 Å². The summed E-state index contributed by atoms with van der Waals surface area (Å²) in [5.41, 5.74) is 0.341. The Labute approximate surface area is 131 Å². The number of ether oxygens (including phenoxy) is 2. The van der Waals surface area contributed by atoms with Crippen molar-refractivity contribution in [2.24, 2.45) is 0 Å². The van der Waals surface area contributed by atoms with Crippen LogP contribution in [0.3, 0.4) is 0 Å². The molecule has 1 aliphatic heterocycles. The summed E-state index contributed by atoms with van der Waals surface area (Å²) in [6, 6.07) is 8.82. The number of hydrogen-bond donors (Lipinski definition) is 1. The van der Waals surface area contributed by atoms with Crippen LogP contribution in [0.1, 0.15) is 11.6 Å². The van der Waals surface area contributed by atoms with Gasteiger partial charge >= 0.3 is 12.0 Å². The monoisotopic (exact) mass is 329 g/mol. The smallest absolute Gasteiger partial charge is 0.408 e. The van der Waals surface area contributed by atoms with Crippen LogP contribution in [0.5, 0.6) is 5.75 Å². The Balaban J connectivity index is 0.00000176. The van der Waals surface area contributed by atoms with Crippen LogP contribution in [-0.2, 0) is 4.74 Å². The van der Waals surface area contributed by atoms with Gasteiger partial charge in [-0.05, 0) is 17.0 Å². The molecule has 7 heteroatoms. The maximum Gasteiger partial charge on any atom is 0.408 e. The molecule has 1 saturated heterocycles. The molecule has 0 saturated carbocycles. The Morgan fingerprint density at radius 3 is 2.59 bits per heavy atom. The average Bonchev–Trinajstić information content (AvgIpc) is 2.49. The van der Waals surface area contributed by atoms with E-state index >= 15 is 0 Å². The van der Waals surface area contributed by atoms with Crippen molar-refractivity contribution in [1.29, 1.82) is 0 Å². The van der Waals surface area contributed by atoms with Gasteiger partial charge in [-0.25, -0.2) is 13.6 Å². The lowest BCUT2D eigenvalue weighted by molar-refractivity contribution is -0.103. The zero-order valence-electron chi connectivity index (χ0n) is 11.6. The molecule has 1 N–H and O–H groups in total. The summed E-state index contributed by atoms with van der Waals surface area (Å²) in [5, 5.41) is 3.53. The van der Waals surface area contributed by atoms with Crippen molar-refractivity contribution in [3.63, 3.8) is 0 Å². The Morgan fingerprint density at radius 1 is 1.23 bits per heavy atom. The Hall–Kier alpha value is -2.08. The van der Waals surface area contributed by atoms with E-state index in [1.54, 1.807) is 36.4 Å². The van der Waals surface area contributed by atoms with Crippen molar-refractivity contribution in [2.45, 2.75) is 12.0 Å². The summed E-state index contributed by atoms with van der Waals surface area (Å²) in [6.45, 7) is -0.927. The van der Waals surface area contributed by atoms with Crippen LogP contribution in [-0.4, -0.2) is 25.7 Å². The zero-order valence-corrected chi connectivity index (χ0v) is 12.5. The van der Waals surface area contributed by atoms with Crippen LogP contribution >= 0.6 is 12.4 Å². The SMILES string of the molecule is COc1ccc([C@@H]2NC(=O)OCC2(F)F)c2ccccc12.Cl. The van der Waals surface area contributed by atoms with Gasteiger partial charge < -0.3 is 14.8 Å². The van der Waals surface area contributed by atoms with Crippen molar-refractivity contribution < 1.29 is 23.0 Å². The van der Waals surface area contributed by atoms with Gasteiger partial charge in [-0.1, -0.05) is 30.3 Å². The standard InChI is InChI=1S/C15H13F2NO3.ClH/c1-20-12-7-6-11(9-4-2-3-5-10(9)12)13-15(16,17)8-21-14(19)18-13;/h2-7,13H,8H2,1H3,(H,18,19);1H/t13-;/m0./s1. The highest BCUT2D eigenvalue weighted by Crippen LogP contribution is 2.39. The Kier molecular flexibility index (Phi) is 4.42. The van der Waals surface area contributed by atoms with E-state index in [4.69, 9.17) is 4.74 Å². The zero-order chi connectivity index (χ0) is 15.0. The number of fused-ring (bicyclic) bond motifs is 1. The first-order chi connectivity index (χ1) is 10.0. The maximum absolute atomic E-state index is 14.1. The molecule has 1 heterocycles. The van der Waals surface area contributed by atoms with E-state index in [2.05, 4.69) is 10.1 Å². The fourth-order valence-corrected chi connectivity index (χ4v) is 2.54. The highest BCUT2D eigenvalue weighted by atomic mass is 35.5. The highest BCUT2D eigenvalue weighted by Gasteiger charge is 2.47. The predicted molar refractivity (Wildman–Crippen MR) is 79.9 cm³/mol. The molecule has 0 spiro atoms. The first kappa shape index (κ1) is 16.3. The fourth-order valence-electron chi connectivity index (χ4n) is 2.54. The summed E-state index contributed by atoms with van der Waals surface area (Å²) < 4.78 is 37.8. The summed E-state index contributed by atoms with van der Waals surface area (Å²) >= 11 is 0. The molecular weight excluding hydrogens is 316 g/mol. The van der Waals surface area contributed by atoms with Gasteiger partial charge in [-0.2, -0.15) is 0 Å². The van der Waals surface area contributed by atoms with Crippen LogP contribution in [0.25, 0.3) is 10.8 Å². The number of alkyl halides is 2. The Morgan fingerprint density at radius 2 is 1.91 bits per heavy atom. The van der Waals surface area contributed by atoms with E-state index < -0.39 is 24.7 Å². The molecule has 1 aliphatic rings. The molecule has 3 rings (SSSR count). The van der Waals surface area contributed by atoms with Gasteiger partial charge in [0.25, 0.3) is 0 Å². The summed E-state index contributed by atoms with van der Waals surface area (Å²) in [7, 11) is 1.52. The normalized spacial score (nSPS) is 19.8. The Bertz CT molecular complexity index is 708. The number of rotatable bonds is 2. The lowest BCUT2D eigenvalue weighted by atomic mass is 9.94. The average molecular weight is 330 g/mol. The second-order valence-electron chi connectivity index (χ2n) is 4.82. The molecule has 0 bridgehead atoms. The largest absolute Gasteiger partial charge is 0.496 e. The van der Waals surface area contributed by atoms with Gasteiger partial charge in [0.2, 0.25) is 0 Å². The number of halogens is 3. The molecule has 22 heavy (non-hydrogen) atoms. The number of carbonyl (C=O) groups excluding carboxylic acids is 1. The third-order valence-corrected chi connectivity index (χ3v) is 3.53. The molecule has 0 aromatic heterocycles. The van der Waals surface area contributed by atoms with Gasteiger partial charge in [0, 0.05) is 5.39 Å². The number of alkyl carbamates (subject to hydrolysis) is 1. The van der Waals surface area contributed by atoms with E-state index in [9.17, 15) is 13.6 Å². The number of cyclic esters (lactones) is 1. The number of nitrogens with one attached hydrogen (secondary N) is 1. The quantitative estimate of drug-likeness (QED) is 0.914. The van der Waals surface area contributed by atoms with Crippen LogP contribution in [0, 0.1) is 0 Å². The number of benzene rings is 2. The molecule has 1 atom stereocenters. The van der Waals surface area contributed by atoms with Crippen LogP contribution in [0.15, 0.2) is 36.4 Å². The van der Waals surface area contributed by atoms with Gasteiger partial charge in [-0.15, -0.1) is 12.4 Å². The molecule has 4 nitrogen and oxygen atoms in total. The second kappa shape index (κ2) is 5.96. The third-order valence-electron chi connectivity index (χ3n) is 3.53. The van der Waals surface area contributed by atoms with Gasteiger partial charge in [-0.3, -0.25) is 0 Å². The van der Waals surface area contributed by atoms with Crippen LogP contribution in [0.4, 0.5) is 13.6 Å². The molecule has 118 valence electrons. The molecule has 2 aromatic rings. The summed E-state index contributed by atoms with van der Waals surface area (Å²) in [6.07, 6.45) is -0.842. The first-order valence-electron chi connectivity index (χ1n) is 6.39. The van der Waals surface area contributed by atoms with Crippen LogP contribution in [0.2, 0.25) is 0 Å². The molecule has 0 aliphatic carbocycles. The number of carbonyl (C=O) groups is 1. The van der Waals surface area contributed by atoms with Crippen molar-refractivity contribution in [1.82, 2.24) is 5.32 Å². The van der Waals surface area contributed by atoms with Crippen molar-refractivity contribution in [3.8, 4) is 5.75 Å². The minimum Gasteiger partial charge on any atom is -0.496 e. The van der Waals surface area contributed by atoms with Gasteiger partial charge in [0.1, 0.15) is 11.8 Å².